The molecule has 0 atom stereocenters. The molecule has 4 nitrogen and oxygen atoms in total. The third-order valence-electron chi connectivity index (χ3n) is 2.91. The average molecular weight is 417 g/mol. The first-order valence-electron chi connectivity index (χ1n) is 6.30. The summed E-state index contributed by atoms with van der Waals surface area (Å²) in [5.74, 6) is 0.791. The molecule has 0 aliphatic carbocycles. The minimum absolute atomic E-state index is 0.274. The molecule has 21 heavy (non-hydrogen) atoms. The largest absolute Gasteiger partial charge is 0.488 e. The molecule has 0 aromatic heterocycles. The first-order chi connectivity index (χ1) is 9.91. The Morgan fingerprint density at radius 2 is 1.81 bits per heavy atom. The van der Waals surface area contributed by atoms with Gasteiger partial charge in [-0.15, -0.1) is 0 Å². The van der Waals surface area contributed by atoms with Crippen molar-refractivity contribution in [3.05, 3.63) is 57.7 Å². The lowest BCUT2D eigenvalue weighted by Gasteiger charge is -2.13. The van der Waals surface area contributed by atoms with Crippen LogP contribution in [0.2, 0.25) is 0 Å². The summed E-state index contributed by atoms with van der Waals surface area (Å²) in [6.07, 6.45) is 0. The first-order valence-corrected chi connectivity index (χ1v) is 8.82. The van der Waals surface area contributed by atoms with Crippen LogP contribution in [-0.4, -0.2) is 26.8 Å². The van der Waals surface area contributed by atoms with Gasteiger partial charge in [-0.05, 0) is 52.4 Å². The molecule has 2 aromatic rings. The molecule has 0 aliphatic rings. The molecule has 0 unspecified atom stereocenters. The summed E-state index contributed by atoms with van der Waals surface area (Å²) in [6.45, 7) is 0.330. The minimum atomic E-state index is -3.41. The third kappa shape index (κ3) is 3.96. The summed E-state index contributed by atoms with van der Waals surface area (Å²) in [5.41, 5.74) is 0.817. The topological polar surface area (TPSA) is 46.6 Å². The minimum Gasteiger partial charge on any atom is -0.488 e. The zero-order valence-corrected chi connectivity index (χ0v) is 14.8. The second-order valence-electron chi connectivity index (χ2n) is 4.65. The number of para-hydroxylation sites is 1. The van der Waals surface area contributed by atoms with E-state index in [9.17, 15) is 8.42 Å². The molecule has 0 radical (unpaired) electrons. The molecule has 0 heterocycles. The van der Waals surface area contributed by atoms with Gasteiger partial charge in [0.2, 0.25) is 10.0 Å². The Labute approximate surface area is 138 Å². The van der Waals surface area contributed by atoms with E-state index in [0.29, 0.717) is 6.61 Å². The second kappa shape index (κ2) is 6.76. The predicted molar refractivity (Wildman–Crippen MR) is 90.8 cm³/mol. The molecule has 0 saturated carbocycles. The number of hydrogen-bond acceptors (Lipinski definition) is 3. The summed E-state index contributed by atoms with van der Waals surface area (Å²) >= 11 is 2.20. The number of sulfonamides is 1. The van der Waals surface area contributed by atoms with Crippen LogP contribution in [0.25, 0.3) is 0 Å². The Kier molecular flexibility index (Phi) is 5.23. The van der Waals surface area contributed by atoms with Gasteiger partial charge in [-0.2, -0.15) is 0 Å². The lowest BCUT2D eigenvalue weighted by Crippen LogP contribution is -2.22. The Bertz CT molecular complexity index is 729. The third-order valence-corrected chi connectivity index (χ3v) is 5.61. The van der Waals surface area contributed by atoms with E-state index in [2.05, 4.69) is 22.6 Å². The molecule has 6 heteroatoms. The highest BCUT2D eigenvalue weighted by Crippen LogP contribution is 2.21. The highest BCUT2D eigenvalue weighted by molar-refractivity contribution is 14.1. The van der Waals surface area contributed by atoms with Crippen molar-refractivity contribution in [2.45, 2.75) is 11.5 Å². The molecule has 0 amide bonds. The van der Waals surface area contributed by atoms with Gasteiger partial charge in [-0.1, -0.05) is 24.3 Å². The number of rotatable bonds is 5. The molecule has 112 valence electrons. The molecule has 0 N–H and O–H groups in total. The maximum Gasteiger partial charge on any atom is 0.242 e. The summed E-state index contributed by atoms with van der Waals surface area (Å²) in [7, 11) is -0.377. The van der Waals surface area contributed by atoms with Crippen LogP contribution in [0.1, 0.15) is 5.56 Å². The molecule has 2 rings (SSSR count). The molecular formula is C15H16INO3S. The van der Waals surface area contributed by atoms with Crippen molar-refractivity contribution in [2.75, 3.05) is 14.1 Å². The zero-order chi connectivity index (χ0) is 15.5. The fraction of sp³-hybridized carbons (Fsp3) is 0.200. The molecule has 0 saturated heterocycles. The van der Waals surface area contributed by atoms with E-state index in [1.54, 1.807) is 18.2 Å². The van der Waals surface area contributed by atoms with Crippen molar-refractivity contribution in [2.24, 2.45) is 0 Å². The average Bonchev–Trinajstić information content (AvgIpc) is 2.46. The van der Waals surface area contributed by atoms with Crippen molar-refractivity contribution >= 4 is 32.6 Å². The zero-order valence-electron chi connectivity index (χ0n) is 11.8. The summed E-state index contributed by atoms with van der Waals surface area (Å²) in [5, 5.41) is 0. The molecular weight excluding hydrogens is 401 g/mol. The van der Waals surface area contributed by atoms with E-state index < -0.39 is 10.0 Å². The number of nitrogens with zero attached hydrogens (tertiary/aromatic N) is 1. The Hall–Kier alpha value is -1.12. The van der Waals surface area contributed by atoms with Gasteiger partial charge in [0.1, 0.15) is 12.4 Å². The highest BCUT2D eigenvalue weighted by atomic mass is 127. The first kappa shape index (κ1) is 16.3. The van der Waals surface area contributed by atoms with Crippen molar-refractivity contribution in [1.82, 2.24) is 4.31 Å². The summed E-state index contributed by atoms with van der Waals surface area (Å²) in [4.78, 5) is 0.274. The van der Waals surface area contributed by atoms with E-state index in [4.69, 9.17) is 4.74 Å². The van der Waals surface area contributed by atoms with Crippen molar-refractivity contribution in [3.8, 4) is 5.75 Å². The van der Waals surface area contributed by atoms with Crippen LogP contribution in [0.4, 0.5) is 0 Å². The van der Waals surface area contributed by atoms with Crippen molar-refractivity contribution in [3.63, 3.8) is 0 Å². The molecule has 0 fully saturated rings. The standard InChI is InChI=1S/C15H16INO3S/c1-17(2)21(18,19)13-7-5-6-12(10-13)11-20-15-9-4-3-8-14(15)16/h3-10H,11H2,1-2H3. The van der Waals surface area contributed by atoms with Gasteiger partial charge in [-0.25, -0.2) is 12.7 Å². The van der Waals surface area contributed by atoms with Crippen molar-refractivity contribution in [1.29, 1.82) is 0 Å². The highest BCUT2D eigenvalue weighted by Gasteiger charge is 2.17. The van der Waals surface area contributed by atoms with E-state index >= 15 is 0 Å². The Morgan fingerprint density at radius 3 is 2.48 bits per heavy atom. The maximum absolute atomic E-state index is 12.1. The summed E-state index contributed by atoms with van der Waals surface area (Å²) in [6, 6.07) is 14.5. The van der Waals surface area contributed by atoms with Gasteiger partial charge in [0.05, 0.1) is 8.47 Å². The van der Waals surface area contributed by atoms with Crippen LogP contribution in [-0.2, 0) is 16.6 Å². The Balaban J connectivity index is 2.18. The van der Waals surface area contributed by atoms with Gasteiger partial charge in [-0.3, -0.25) is 0 Å². The normalized spacial score (nSPS) is 11.6. The number of ether oxygens (including phenoxy) is 1. The SMILES string of the molecule is CN(C)S(=O)(=O)c1cccc(COc2ccccc2I)c1. The van der Waals surface area contributed by atoms with Crippen molar-refractivity contribution < 1.29 is 13.2 Å². The lowest BCUT2D eigenvalue weighted by atomic mass is 10.2. The Morgan fingerprint density at radius 1 is 1.10 bits per heavy atom. The van der Waals surface area contributed by atoms with E-state index in [1.807, 2.05) is 30.3 Å². The van der Waals surface area contributed by atoms with E-state index in [-0.39, 0.29) is 4.90 Å². The van der Waals surface area contributed by atoms with E-state index in [1.165, 1.54) is 18.4 Å². The smallest absolute Gasteiger partial charge is 0.242 e. The lowest BCUT2D eigenvalue weighted by molar-refractivity contribution is 0.303. The quantitative estimate of drug-likeness (QED) is 0.703. The number of benzene rings is 2. The van der Waals surface area contributed by atoms with Crippen LogP contribution in [0, 0.1) is 3.57 Å². The number of hydrogen-bond donors (Lipinski definition) is 0. The number of halogens is 1. The van der Waals surface area contributed by atoms with E-state index in [0.717, 1.165) is 14.9 Å². The predicted octanol–water partition coefficient (Wildman–Crippen LogP) is 3.12. The molecule has 0 aliphatic heterocycles. The fourth-order valence-electron chi connectivity index (χ4n) is 1.73. The maximum atomic E-state index is 12.1. The van der Waals surface area contributed by atoms with Crippen LogP contribution in [0.3, 0.4) is 0 Å². The van der Waals surface area contributed by atoms with Gasteiger partial charge in [0, 0.05) is 14.1 Å². The van der Waals surface area contributed by atoms with Crippen LogP contribution >= 0.6 is 22.6 Å². The van der Waals surface area contributed by atoms with Gasteiger partial charge in [0.25, 0.3) is 0 Å². The van der Waals surface area contributed by atoms with Gasteiger partial charge < -0.3 is 4.74 Å². The second-order valence-corrected chi connectivity index (χ2v) is 7.97. The molecule has 2 aromatic carbocycles. The fourth-order valence-corrected chi connectivity index (χ4v) is 3.24. The van der Waals surface area contributed by atoms with Crippen LogP contribution < -0.4 is 4.74 Å². The molecule has 0 bridgehead atoms. The van der Waals surface area contributed by atoms with Gasteiger partial charge in [0.15, 0.2) is 0 Å². The monoisotopic (exact) mass is 417 g/mol. The molecule has 0 spiro atoms. The van der Waals surface area contributed by atoms with Crippen LogP contribution in [0.15, 0.2) is 53.4 Å². The summed E-state index contributed by atoms with van der Waals surface area (Å²) < 4.78 is 32.1. The van der Waals surface area contributed by atoms with Gasteiger partial charge >= 0.3 is 0 Å². The van der Waals surface area contributed by atoms with Crippen LogP contribution in [0.5, 0.6) is 5.75 Å².